The minimum atomic E-state index is 0.0831. The number of hydrogen-bond acceptors (Lipinski definition) is 3. The quantitative estimate of drug-likeness (QED) is 0.813. The summed E-state index contributed by atoms with van der Waals surface area (Å²) in [5.74, 6) is 1.03. The lowest BCUT2D eigenvalue weighted by atomic mass is 9.85. The van der Waals surface area contributed by atoms with Gasteiger partial charge < -0.3 is 15.5 Å². The fraction of sp³-hybridized carbons (Fsp3) is 0.941. The summed E-state index contributed by atoms with van der Waals surface area (Å²) in [4.78, 5) is 15.2. The van der Waals surface area contributed by atoms with Gasteiger partial charge >= 0.3 is 0 Å². The van der Waals surface area contributed by atoms with E-state index in [4.69, 9.17) is 0 Å². The van der Waals surface area contributed by atoms with Crippen molar-refractivity contribution in [1.82, 2.24) is 15.5 Å². The van der Waals surface area contributed by atoms with Crippen molar-refractivity contribution in [2.45, 2.75) is 82.0 Å². The molecule has 4 rings (SSSR count). The lowest BCUT2D eigenvalue weighted by Crippen LogP contribution is -2.51. The fourth-order valence-electron chi connectivity index (χ4n) is 5.18. The molecular formula is C17H29N3O. The fourth-order valence-corrected chi connectivity index (χ4v) is 5.18. The van der Waals surface area contributed by atoms with Crippen LogP contribution in [0.25, 0.3) is 0 Å². The second kappa shape index (κ2) is 5.88. The summed E-state index contributed by atoms with van der Waals surface area (Å²) < 4.78 is 0. The summed E-state index contributed by atoms with van der Waals surface area (Å²) in [6.07, 6.45) is 11.3. The molecule has 4 nitrogen and oxygen atoms in total. The van der Waals surface area contributed by atoms with Crippen LogP contribution in [0.5, 0.6) is 0 Å². The highest BCUT2D eigenvalue weighted by molar-refractivity contribution is 5.82. The van der Waals surface area contributed by atoms with Gasteiger partial charge in [0.15, 0.2) is 0 Å². The first-order valence-electron chi connectivity index (χ1n) is 9.10. The molecule has 1 saturated carbocycles. The van der Waals surface area contributed by atoms with E-state index in [1.54, 1.807) is 0 Å². The second-order valence-electron chi connectivity index (χ2n) is 7.67. The monoisotopic (exact) mass is 291 g/mol. The van der Waals surface area contributed by atoms with Crippen molar-refractivity contribution in [2.24, 2.45) is 5.92 Å². The molecule has 21 heavy (non-hydrogen) atoms. The van der Waals surface area contributed by atoms with E-state index in [0.29, 0.717) is 12.1 Å². The smallest absolute Gasteiger partial charge is 0.237 e. The largest absolute Gasteiger partial charge is 0.352 e. The third kappa shape index (κ3) is 2.85. The molecule has 118 valence electrons. The van der Waals surface area contributed by atoms with Gasteiger partial charge in [0.25, 0.3) is 0 Å². The third-order valence-electron chi connectivity index (χ3n) is 6.35. The number of rotatable bonds is 2. The van der Waals surface area contributed by atoms with Crippen LogP contribution in [0.3, 0.4) is 0 Å². The maximum atomic E-state index is 12.6. The minimum absolute atomic E-state index is 0.0831. The van der Waals surface area contributed by atoms with E-state index < -0.39 is 0 Å². The zero-order chi connectivity index (χ0) is 14.2. The molecule has 0 aromatic carbocycles. The zero-order valence-electron chi connectivity index (χ0n) is 13.0. The van der Waals surface area contributed by atoms with Gasteiger partial charge in [-0.25, -0.2) is 0 Å². The predicted molar refractivity (Wildman–Crippen MR) is 83.0 cm³/mol. The number of hydrogen-bond donors (Lipinski definition) is 2. The van der Waals surface area contributed by atoms with E-state index in [-0.39, 0.29) is 11.9 Å². The van der Waals surface area contributed by atoms with Gasteiger partial charge in [0.05, 0.1) is 6.04 Å². The number of piperidine rings is 1. The molecule has 2 N–H and O–H groups in total. The van der Waals surface area contributed by atoms with Crippen molar-refractivity contribution < 1.29 is 4.79 Å². The topological polar surface area (TPSA) is 44.4 Å². The number of carbonyl (C=O) groups excluding carboxylic acids is 1. The average Bonchev–Trinajstić information content (AvgIpc) is 3.13. The number of carbonyl (C=O) groups is 1. The molecule has 4 aliphatic rings. The van der Waals surface area contributed by atoms with Crippen molar-refractivity contribution in [3.8, 4) is 0 Å². The lowest BCUT2D eigenvalue weighted by Gasteiger charge is -2.35. The summed E-state index contributed by atoms with van der Waals surface area (Å²) in [5, 5.41) is 6.96. The maximum Gasteiger partial charge on any atom is 0.237 e. The molecule has 0 spiro atoms. The molecule has 4 heteroatoms. The van der Waals surface area contributed by atoms with Gasteiger partial charge in [-0.2, -0.15) is 0 Å². The molecule has 1 aliphatic carbocycles. The Hall–Kier alpha value is -0.610. The lowest BCUT2D eigenvalue weighted by molar-refractivity contribution is -0.124. The van der Waals surface area contributed by atoms with E-state index in [1.807, 2.05) is 0 Å². The summed E-state index contributed by atoms with van der Waals surface area (Å²) >= 11 is 0. The zero-order valence-corrected chi connectivity index (χ0v) is 13.0. The predicted octanol–water partition coefficient (Wildman–Crippen LogP) is 1.65. The molecule has 0 aromatic heterocycles. The van der Waals surface area contributed by atoms with Gasteiger partial charge in [-0.1, -0.05) is 12.8 Å². The van der Waals surface area contributed by atoms with Gasteiger partial charge in [0, 0.05) is 24.7 Å². The van der Waals surface area contributed by atoms with Crippen LogP contribution in [0.2, 0.25) is 0 Å². The number of nitrogens with zero attached hydrogens (tertiary/aromatic N) is 1. The molecule has 3 saturated heterocycles. The van der Waals surface area contributed by atoms with Crippen LogP contribution in [0.15, 0.2) is 0 Å². The van der Waals surface area contributed by atoms with Crippen molar-refractivity contribution in [1.29, 1.82) is 0 Å². The van der Waals surface area contributed by atoms with E-state index in [2.05, 4.69) is 15.5 Å². The van der Waals surface area contributed by atoms with Crippen LogP contribution in [0, 0.1) is 5.92 Å². The van der Waals surface area contributed by atoms with Crippen molar-refractivity contribution in [3.63, 3.8) is 0 Å². The highest BCUT2D eigenvalue weighted by atomic mass is 16.2. The Kier molecular flexibility index (Phi) is 3.92. The SMILES string of the molecule is O=C(NC1CCN2CCCC2C1)C1CC2CCCCC2N1. The molecule has 5 atom stereocenters. The first kappa shape index (κ1) is 14.0. The van der Waals surface area contributed by atoms with Crippen LogP contribution < -0.4 is 10.6 Å². The van der Waals surface area contributed by atoms with Crippen LogP contribution in [-0.4, -0.2) is 48.1 Å². The molecule has 1 amide bonds. The first-order chi connectivity index (χ1) is 10.3. The number of nitrogens with one attached hydrogen (secondary N) is 2. The van der Waals surface area contributed by atoms with Crippen molar-refractivity contribution in [2.75, 3.05) is 13.1 Å². The second-order valence-corrected chi connectivity index (χ2v) is 7.67. The van der Waals surface area contributed by atoms with Crippen LogP contribution in [-0.2, 0) is 4.79 Å². The van der Waals surface area contributed by atoms with Crippen molar-refractivity contribution in [3.05, 3.63) is 0 Å². The van der Waals surface area contributed by atoms with Gasteiger partial charge in [0.1, 0.15) is 0 Å². The molecule has 3 aliphatic heterocycles. The molecule has 0 aromatic rings. The summed E-state index contributed by atoms with van der Waals surface area (Å²) in [6, 6.07) is 1.86. The maximum absolute atomic E-state index is 12.6. The number of fused-ring (bicyclic) bond motifs is 2. The number of amides is 1. The molecule has 0 bridgehead atoms. The van der Waals surface area contributed by atoms with E-state index in [0.717, 1.165) is 24.8 Å². The van der Waals surface area contributed by atoms with E-state index >= 15 is 0 Å². The molecule has 5 unspecified atom stereocenters. The molecule has 0 radical (unpaired) electrons. The Bertz CT molecular complexity index is 385. The molecule has 3 heterocycles. The van der Waals surface area contributed by atoms with Crippen LogP contribution >= 0.6 is 0 Å². The van der Waals surface area contributed by atoms with Gasteiger partial charge in [0.2, 0.25) is 5.91 Å². The highest BCUT2D eigenvalue weighted by Gasteiger charge is 2.39. The van der Waals surface area contributed by atoms with E-state index in [1.165, 1.54) is 58.0 Å². The Labute approximate surface area is 128 Å². The Morgan fingerprint density at radius 2 is 1.90 bits per heavy atom. The first-order valence-corrected chi connectivity index (χ1v) is 9.10. The van der Waals surface area contributed by atoms with Crippen molar-refractivity contribution >= 4 is 5.91 Å². The van der Waals surface area contributed by atoms with E-state index in [9.17, 15) is 4.79 Å². The van der Waals surface area contributed by atoms with Crippen LogP contribution in [0.1, 0.15) is 57.8 Å². The summed E-state index contributed by atoms with van der Waals surface area (Å²) in [5.41, 5.74) is 0. The van der Waals surface area contributed by atoms with Gasteiger partial charge in [-0.05, 0) is 57.4 Å². The Morgan fingerprint density at radius 1 is 1.00 bits per heavy atom. The Morgan fingerprint density at radius 3 is 2.81 bits per heavy atom. The van der Waals surface area contributed by atoms with Gasteiger partial charge in [-0.15, -0.1) is 0 Å². The van der Waals surface area contributed by atoms with Gasteiger partial charge in [-0.3, -0.25) is 4.79 Å². The third-order valence-corrected chi connectivity index (χ3v) is 6.35. The normalized spacial score (nSPS) is 43.3. The average molecular weight is 291 g/mol. The van der Waals surface area contributed by atoms with Crippen LogP contribution in [0.4, 0.5) is 0 Å². The molecular weight excluding hydrogens is 262 g/mol. The summed E-state index contributed by atoms with van der Waals surface area (Å²) in [6.45, 7) is 2.46. The molecule has 4 fully saturated rings. The summed E-state index contributed by atoms with van der Waals surface area (Å²) in [7, 11) is 0. The Balaban J connectivity index is 1.30. The highest BCUT2D eigenvalue weighted by Crippen LogP contribution is 2.33. The standard InChI is InChI=1S/C17H29N3O/c21-17(16-10-12-4-1-2-6-15(12)19-16)18-13-7-9-20-8-3-5-14(20)11-13/h12-16,19H,1-11H2,(H,18,21). The minimum Gasteiger partial charge on any atom is -0.352 e.